The number of benzene rings is 1. The minimum absolute atomic E-state index is 0.214. The molecule has 3 rings (SSSR count). The maximum Gasteiger partial charge on any atom is 0.231 e. The first-order valence-electron chi connectivity index (χ1n) is 10.3. The second kappa shape index (κ2) is 7.38. The molecule has 0 saturated heterocycles. The third kappa shape index (κ3) is 4.10. The molecule has 0 saturated carbocycles. The lowest BCUT2D eigenvalue weighted by molar-refractivity contribution is 0.332. The fourth-order valence-electron chi connectivity index (χ4n) is 4.24. The highest BCUT2D eigenvalue weighted by Gasteiger charge is 2.37. The van der Waals surface area contributed by atoms with Crippen LogP contribution >= 0.6 is 0 Å². The normalized spacial score (nSPS) is 19.4. The smallest absolute Gasteiger partial charge is 0.231 e. The minimum atomic E-state index is 0.214. The van der Waals surface area contributed by atoms with E-state index in [0.717, 1.165) is 17.7 Å². The zero-order valence-electron chi connectivity index (χ0n) is 17.9. The summed E-state index contributed by atoms with van der Waals surface area (Å²) < 4.78 is 6.15. The highest BCUT2D eigenvalue weighted by atomic mass is 16.3. The van der Waals surface area contributed by atoms with E-state index in [1.165, 1.54) is 29.4 Å². The van der Waals surface area contributed by atoms with Gasteiger partial charge in [-0.25, -0.2) is 0 Å². The van der Waals surface area contributed by atoms with Gasteiger partial charge in [0.15, 0.2) is 0 Å². The van der Waals surface area contributed by atoms with Gasteiger partial charge in [0.25, 0.3) is 0 Å². The Balaban J connectivity index is 1.83. The van der Waals surface area contributed by atoms with Crippen LogP contribution in [-0.2, 0) is 10.8 Å². The van der Waals surface area contributed by atoms with E-state index in [1.807, 2.05) is 0 Å². The molecule has 0 spiro atoms. The van der Waals surface area contributed by atoms with Crippen LogP contribution in [0.3, 0.4) is 0 Å². The van der Waals surface area contributed by atoms with E-state index in [1.54, 1.807) is 0 Å². The molecule has 2 aromatic rings. The van der Waals surface area contributed by atoms with Gasteiger partial charge in [-0.05, 0) is 71.3 Å². The molecule has 1 atom stereocenters. The van der Waals surface area contributed by atoms with Gasteiger partial charge >= 0.3 is 0 Å². The van der Waals surface area contributed by atoms with Crippen LogP contribution < -0.4 is 5.66 Å². The summed E-state index contributed by atoms with van der Waals surface area (Å²) in [5, 5.41) is 1.21. The van der Waals surface area contributed by atoms with E-state index in [0.29, 0.717) is 11.8 Å². The molecule has 2 heteroatoms. The first-order chi connectivity index (χ1) is 12.6. The Hall–Kier alpha value is -1.70. The average Bonchev–Trinajstić information content (AvgIpc) is 2.99. The van der Waals surface area contributed by atoms with Crippen molar-refractivity contribution in [1.29, 1.82) is 0 Å². The number of fused-ring (bicyclic) bond motifs is 2. The topological polar surface area (TPSA) is 13.1 Å². The van der Waals surface area contributed by atoms with Crippen molar-refractivity contribution in [3.05, 3.63) is 54.0 Å². The van der Waals surface area contributed by atoms with Gasteiger partial charge in [-0.2, -0.15) is 0 Å². The van der Waals surface area contributed by atoms with Gasteiger partial charge in [0, 0.05) is 5.39 Å². The van der Waals surface area contributed by atoms with Gasteiger partial charge in [-0.1, -0.05) is 53.7 Å². The lowest BCUT2D eigenvalue weighted by atomic mass is 9.63. The maximum absolute atomic E-state index is 6.15. The van der Waals surface area contributed by atoms with Crippen molar-refractivity contribution < 1.29 is 4.42 Å². The highest BCUT2D eigenvalue weighted by molar-refractivity contribution is 6.57. The largest absolute Gasteiger partial charge is 0.472 e. The van der Waals surface area contributed by atoms with Crippen LogP contribution in [0, 0.1) is 11.8 Å². The van der Waals surface area contributed by atoms with E-state index < -0.39 is 0 Å². The first kappa shape index (κ1) is 20.0. The molecule has 0 N–H and O–H groups in total. The Kier molecular flexibility index (Phi) is 5.48. The van der Waals surface area contributed by atoms with Crippen LogP contribution in [0.25, 0.3) is 11.0 Å². The van der Waals surface area contributed by atoms with Crippen LogP contribution in [0.4, 0.5) is 0 Å². The van der Waals surface area contributed by atoms with Gasteiger partial charge in [0.05, 0.1) is 5.66 Å². The Morgan fingerprint density at radius 2 is 1.70 bits per heavy atom. The molecule has 1 aromatic heterocycles. The number of furan rings is 1. The molecule has 0 amide bonds. The molecular weight excluding hydrogens is 327 g/mol. The van der Waals surface area contributed by atoms with E-state index in [-0.39, 0.29) is 10.8 Å². The SMILES string of the molecule is C=CC(C/C=C/[B]c1cc2cc3c(cc2o1)C(C)(C)CCC3(C)C)C(C)C. The van der Waals surface area contributed by atoms with Gasteiger partial charge in [0.2, 0.25) is 7.28 Å². The zero-order chi connectivity index (χ0) is 19.8. The van der Waals surface area contributed by atoms with Gasteiger partial charge < -0.3 is 4.42 Å². The maximum atomic E-state index is 6.15. The van der Waals surface area contributed by atoms with Crippen LogP contribution in [-0.4, -0.2) is 7.28 Å². The molecule has 1 unspecified atom stereocenters. The summed E-state index contributed by atoms with van der Waals surface area (Å²) in [5.74, 6) is 3.27. The number of hydrogen-bond donors (Lipinski definition) is 0. The van der Waals surface area contributed by atoms with Crippen LogP contribution in [0.1, 0.15) is 71.9 Å². The predicted octanol–water partition coefficient (Wildman–Crippen LogP) is 6.47. The van der Waals surface area contributed by atoms with E-state index >= 15 is 0 Å². The molecule has 143 valence electrons. The van der Waals surface area contributed by atoms with Crippen molar-refractivity contribution in [2.45, 2.75) is 71.6 Å². The number of allylic oxidation sites excluding steroid dienone is 2. The summed E-state index contributed by atoms with van der Waals surface area (Å²) in [6.45, 7) is 17.9. The number of hydrogen-bond acceptors (Lipinski definition) is 1. The fraction of sp³-hybridized carbons (Fsp3) is 0.520. The van der Waals surface area contributed by atoms with Gasteiger partial charge in [-0.3, -0.25) is 0 Å². The molecule has 1 nitrogen and oxygen atoms in total. The van der Waals surface area contributed by atoms with E-state index in [4.69, 9.17) is 4.42 Å². The van der Waals surface area contributed by atoms with Gasteiger partial charge in [-0.15, -0.1) is 12.6 Å². The van der Waals surface area contributed by atoms with Crippen molar-refractivity contribution in [3.8, 4) is 0 Å². The molecule has 1 aromatic carbocycles. The lowest BCUT2D eigenvalue weighted by Gasteiger charge is -2.41. The Morgan fingerprint density at radius 3 is 2.30 bits per heavy atom. The van der Waals surface area contributed by atoms with Crippen LogP contribution in [0.2, 0.25) is 0 Å². The second-order valence-electron chi connectivity index (χ2n) is 9.83. The second-order valence-corrected chi connectivity index (χ2v) is 9.83. The van der Waals surface area contributed by atoms with Crippen molar-refractivity contribution in [3.63, 3.8) is 0 Å². The van der Waals surface area contributed by atoms with E-state index in [2.05, 4.69) is 91.7 Å². The third-order valence-electron chi connectivity index (χ3n) is 6.47. The van der Waals surface area contributed by atoms with Crippen molar-refractivity contribution in [2.24, 2.45) is 11.8 Å². The molecule has 27 heavy (non-hydrogen) atoms. The zero-order valence-corrected chi connectivity index (χ0v) is 17.9. The Morgan fingerprint density at radius 1 is 1.07 bits per heavy atom. The number of rotatable bonds is 6. The van der Waals surface area contributed by atoms with Crippen molar-refractivity contribution in [2.75, 3.05) is 0 Å². The standard InChI is InChI=1S/C25H34BO/c1-8-18(17(2)3)10-9-13-26-23-15-19-14-20-21(16-22(19)27-23)25(6,7)12-11-24(20,4)5/h8-9,13-18H,1,10-12H2,2-7H3/b13-9+. The monoisotopic (exact) mass is 361 g/mol. The van der Waals surface area contributed by atoms with Crippen molar-refractivity contribution in [1.82, 2.24) is 0 Å². The molecule has 1 aliphatic rings. The Labute approximate surface area is 166 Å². The lowest BCUT2D eigenvalue weighted by Crippen LogP contribution is -2.33. The predicted molar refractivity (Wildman–Crippen MR) is 119 cm³/mol. The van der Waals surface area contributed by atoms with E-state index in [9.17, 15) is 0 Å². The Bertz CT molecular complexity index is 798. The fourth-order valence-corrected chi connectivity index (χ4v) is 4.24. The molecule has 1 radical (unpaired) electrons. The first-order valence-corrected chi connectivity index (χ1v) is 10.3. The summed E-state index contributed by atoms with van der Waals surface area (Å²) in [6, 6.07) is 6.83. The summed E-state index contributed by atoms with van der Waals surface area (Å²) in [7, 11) is 2.08. The highest BCUT2D eigenvalue weighted by Crippen LogP contribution is 2.46. The summed E-state index contributed by atoms with van der Waals surface area (Å²) in [6.07, 6.45) is 7.76. The van der Waals surface area contributed by atoms with Crippen LogP contribution in [0.15, 0.2) is 47.3 Å². The molecular formula is C25H34BO. The molecule has 0 aliphatic heterocycles. The molecule has 0 bridgehead atoms. The molecule has 1 aliphatic carbocycles. The van der Waals surface area contributed by atoms with Crippen molar-refractivity contribution >= 4 is 23.9 Å². The summed E-state index contributed by atoms with van der Waals surface area (Å²) >= 11 is 0. The summed E-state index contributed by atoms with van der Waals surface area (Å²) in [4.78, 5) is 0. The third-order valence-corrected chi connectivity index (χ3v) is 6.47. The molecule has 0 fully saturated rings. The molecule has 1 heterocycles. The summed E-state index contributed by atoms with van der Waals surface area (Å²) in [5.41, 5.74) is 5.32. The average molecular weight is 361 g/mol. The van der Waals surface area contributed by atoms with Crippen LogP contribution in [0.5, 0.6) is 0 Å². The van der Waals surface area contributed by atoms with Gasteiger partial charge in [0.1, 0.15) is 5.58 Å². The minimum Gasteiger partial charge on any atom is -0.472 e. The quantitative estimate of drug-likeness (QED) is 0.424.